The Bertz CT molecular complexity index is 425. The molecule has 1 rings (SSSR count). The number of hydrogen-bond donors (Lipinski definition) is 2. The van der Waals surface area contributed by atoms with Crippen LogP contribution in [0.25, 0.3) is 0 Å². The van der Waals surface area contributed by atoms with E-state index >= 15 is 0 Å². The Morgan fingerprint density at radius 1 is 1.35 bits per heavy atom. The lowest BCUT2D eigenvalue weighted by Crippen LogP contribution is -2.85. The number of methoxy groups -OCH3 is 1. The van der Waals surface area contributed by atoms with Crippen LogP contribution in [-0.2, 0) is 6.54 Å². The first-order chi connectivity index (χ1) is 9.72. The van der Waals surface area contributed by atoms with Crippen LogP contribution in [0.4, 0.5) is 0 Å². The largest absolute Gasteiger partial charge is 0.493 e. The number of rotatable bonds is 10. The summed E-state index contributed by atoms with van der Waals surface area (Å²) in [5.41, 5.74) is 1.14. The number of benzene rings is 1. The van der Waals surface area contributed by atoms with Gasteiger partial charge in [-0.05, 0) is 12.1 Å². The second kappa shape index (κ2) is 9.64. The molecule has 0 atom stereocenters. The first kappa shape index (κ1) is 16.8. The molecular formula is C15H25ClN2O2+2. The van der Waals surface area contributed by atoms with Crippen LogP contribution in [0.3, 0.4) is 0 Å². The molecule has 0 aromatic heterocycles. The van der Waals surface area contributed by atoms with E-state index in [1.165, 1.54) is 6.42 Å². The molecule has 0 radical (unpaired) electrons. The van der Waals surface area contributed by atoms with E-state index < -0.39 is 0 Å². The summed E-state index contributed by atoms with van der Waals surface area (Å²) >= 11 is 6.25. The highest BCUT2D eigenvalue weighted by Crippen LogP contribution is 2.36. The zero-order valence-corrected chi connectivity index (χ0v) is 13.1. The maximum Gasteiger partial charge on any atom is 0.180 e. The summed E-state index contributed by atoms with van der Waals surface area (Å²) in [7, 11) is 3.71. The van der Waals surface area contributed by atoms with Gasteiger partial charge in [0.2, 0.25) is 0 Å². The van der Waals surface area contributed by atoms with Crippen molar-refractivity contribution in [3.05, 3.63) is 35.4 Å². The van der Waals surface area contributed by atoms with Gasteiger partial charge in [-0.1, -0.05) is 24.3 Å². The average Bonchev–Trinajstić information content (AvgIpc) is 2.45. The second-order valence-electron chi connectivity index (χ2n) is 4.54. The zero-order chi connectivity index (χ0) is 14.8. The highest BCUT2D eigenvalue weighted by atomic mass is 35.5. The Labute approximate surface area is 126 Å². The Balaban J connectivity index is 2.64. The topological polar surface area (TPSA) is 51.7 Å². The molecule has 1 aromatic rings. The summed E-state index contributed by atoms with van der Waals surface area (Å²) in [6.07, 6.45) is 2.88. The highest BCUT2D eigenvalue weighted by molar-refractivity contribution is 6.32. The molecule has 20 heavy (non-hydrogen) atoms. The molecule has 1 aromatic carbocycles. The van der Waals surface area contributed by atoms with Gasteiger partial charge in [-0.2, -0.15) is 0 Å². The van der Waals surface area contributed by atoms with Gasteiger partial charge in [0, 0.05) is 12.0 Å². The Morgan fingerprint density at radius 2 is 2.15 bits per heavy atom. The first-order valence-corrected chi connectivity index (χ1v) is 7.30. The van der Waals surface area contributed by atoms with Gasteiger partial charge in [-0.25, -0.2) is 0 Å². The lowest BCUT2D eigenvalue weighted by atomic mass is 10.2. The summed E-state index contributed by atoms with van der Waals surface area (Å²) < 4.78 is 10.9. The Hall–Kier alpha value is -1.23. The van der Waals surface area contributed by atoms with Crippen molar-refractivity contribution in [3.63, 3.8) is 0 Å². The number of hydrogen-bond acceptors (Lipinski definition) is 2. The SMILES string of the molecule is C=CCOc1c(Cl)cc(C[NH2+]CCC[NH2+]C)cc1OC. The minimum atomic E-state index is 0.412. The van der Waals surface area contributed by atoms with Gasteiger partial charge in [-0.3, -0.25) is 0 Å². The van der Waals surface area contributed by atoms with Crippen molar-refractivity contribution >= 4 is 11.6 Å². The smallest absolute Gasteiger partial charge is 0.180 e. The van der Waals surface area contributed by atoms with E-state index in [0.717, 1.165) is 25.2 Å². The molecule has 0 aliphatic rings. The molecule has 0 heterocycles. The van der Waals surface area contributed by atoms with Gasteiger partial charge < -0.3 is 20.1 Å². The predicted molar refractivity (Wildman–Crippen MR) is 81.5 cm³/mol. The van der Waals surface area contributed by atoms with E-state index in [1.807, 2.05) is 12.1 Å². The van der Waals surface area contributed by atoms with E-state index in [-0.39, 0.29) is 0 Å². The Morgan fingerprint density at radius 3 is 2.80 bits per heavy atom. The van der Waals surface area contributed by atoms with Gasteiger partial charge in [0.1, 0.15) is 13.2 Å². The fraction of sp³-hybridized carbons (Fsp3) is 0.467. The molecule has 0 saturated heterocycles. The summed E-state index contributed by atoms with van der Waals surface area (Å²) in [5.74, 6) is 1.25. The van der Waals surface area contributed by atoms with E-state index in [1.54, 1.807) is 13.2 Å². The van der Waals surface area contributed by atoms with Crippen molar-refractivity contribution in [2.75, 3.05) is 33.9 Å². The summed E-state index contributed by atoms with van der Waals surface area (Å²) in [6, 6.07) is 3.91. The van der Waals surface area contributed by atoms with Gasteiger partial charge in [0.25, 0.3) is 0 Å². The van der Waals surface area contributed by atoms with Crippen molar-refractivity contribution in [1.82, 2.24) is 0 Å². The quantitative estimate of drug-likeness (QED) is 0.490. The monoisotopic (exact) mass is 300 g/mol. The van der Waals surface area contributed by atoms with Gasteiger partial charge in [0.05, 0.1) is 32.3 Å². The van der Waals surface area contributed by atoms with Crippen molar-refractivity contribution < 1.29 is 20.1 Å². The third-order valence-electron chi connectivity index (χ3n) is 2.92. The molecule has 0 amide bonds. The summed E-state index contributed by atoms with van der Waals surface area (Å²) in [6.45, 7) is 7.20. The third-order valence-corrected chi connectivity index (χ3v) is 3.20. The van der Waals surface area contributed by atoms with Gasteiger partial charge >= 0.3 is 0 Å². The molecule has 0 aliphatic heterocycles. The summed E-state index contributed by atoms with van der Waals surface area (Å²) in [4.78, 5) is 0. The molecule has 112 valence electrons. The molecule has 4 N–H and O–H groups in total. The minimum Gasteiger partial charge on any atom is -0.493 e. The van der Waals surface area contributed by atoms with Crippen LogP contribution in [0, 0.1) is 0 Å². The maximum atomic E-state index is 6.25. The van der Waals surface area contributed by atoms with Crippen molar-refractivity contribution in [3.8, 4) is 11.5 Å². The first-order valence-electron chi connectivity index (χ1n) is 6.92. The lowest BCUT2D eigenvalue weighted by molar-refractivity contribution is -0.682. The molecule has 0 unspecified atom stereocenters. The van der Waals surface area contributed by atoms with Crippen molar-refractivity contribution in [1.29, 1.82) is 0 Å². The van der Waals surface area contributed by atoms with Crippen LogP contribution in [0.2, 0.25) is 5.02 Å². The van der Waals surface area contributed by atoms with E-state index in [2.05, 4.69) is 24.3 Å². The van der Waals surface area contributed by atoms with Crippen molar-refractivity contribution in [2.24, 2.45) is 0 Å². The minimum absolute atomic E-state index is 0.412. The molecule has 5 heteroatoms. The van der Waals surface area contributed by atoms with E-state index in [9.17, 15) is 0 Å². The van der Waals surface area contributed by atoms with Crippen LogP contribution < -0.4 is 20.1 Å². The van der Waals surface area contributed by atoms with Gasteiger partial charge in [0.15, 0.2) is 11.5 Å². The van der Waals surface area contributed by atoms with Crippen LogP contribution in [-0.4, -0.2) is 33.9 Å². The zero-order valence-electron chi connectivity index (χ0n) is 12.3. The predicted octanol–water partition coefficient (Wildman–Crippen LogP) is 0.560. The van der Waals surface area contributed by atoms with Crippen LogP contribution in [0.5, 0.6) is 11.5 Å². The normalized spacial score (nSPS) is 10.3. The van der Waals surface area contributed by atoms with Crippen LogP contribution in [0.15, 0.2) is 24.8 Å². The van der Waals surface area contributed by atoms with Crippen LogP contribution >= 0.6 is 11.6 Å². The number of nitrogens with two attached hydrogens (primary N) is 2. The van der Waals surface area contributed by atoms with E-state index in [4.69, 9.17) is 21.1 Å². The van der Waals surface area contributed by atoms with E-state index in [0.29, 0.717) is 23.1 Å². The van der Waals surface area contributed by atoms with Gasteiger partial charge in [-0.15, -0.1) is 0 Å². The molecule has 0 spiro atoms. The van der Waals surface area contributed by atoms with Crippen molar-refractivity contribution in [2.45, 2.75) is 13.0 Å². The lowest BCUT2D eigenvalue weighted by Gasteiger charge is -2.12. The average molecular weight is 301 g/mol. The third kappa shape index (κ3) is 5.41. The fourth-order valence-corrected chi connectivity index (χ4v) is 2.20. The fourth-order valence-electron chi connectivity index (χ4n) is 1.91. The molecule has 0 aliphatic carbocycles. The highest BCUT2D eigenvalue weighted by Gasteiger charge is 2.12. The molecule has 0 saturated carbocycles. The summed E-state index contributed by atoms with van der Waals surface area (Å²) in [5, 5.41) is 5.05. The number of quaternary nitrogens is 2. The Kier molecular flexibility index (Phi) is 8.11. The number of ether oxygens (including phenoxy) is 2. The number of halogens is 1. The molecule has 0 fully saturated rings. The molecule has 0 bridgehead atoms. The maximum absolute atomic E-state index is 6.25. The van der Waals surface area contributed by atoms with Crippen LogP contribution in [0.1, 0.15) is 12.0 Å². The molecule has 4 nitrogen and oxygen atoms in total. The molecular weight excluding hydrogens is 276 g/mol. The second-order valence-corrected chi connectivity index (χ2v) is 4.95. The standard InChI is InChI=1S/C15H23ClN2O2/c1-4-8-20-15-13(16)9-12(10-14(15)19-3)11-18-7-5-6-17-2/h4,9-10,17-18H,1,5-8,11H2,2-3H3/p+2.